The van der Waals surface area contributed by atoms with Crippen LogP contribution in [0.5, 0.6) is 0 Å². The molecule has 1 saturated carbocycles. The normalized spacial score (nSPS) is 18.5. The van der Waals surface area contributed by atoms with E-state index < -0.39 is 0 Å². The van der Waals surface area contributed by atoms with Crippen molar-refractivity contribution in [1.82, 2.24) is 5.32 Å². The molecule has 98 valence electrons. The monoisotopic (exact) mass is 353 g/mol. The molecule has 0 aromatic rings. The fraction of sp³-hybridized carbons (Fsp3) is 0.833. The van der Waals surface area contributed by atoms with Crippen molar-refractivity contribution in [3.63, 3.8) is 0 Å². The van der Waals surface area contributed by atoms with Crippen LogP contribution < -0.4 is 5.32 Å². The van der Waals surface area contributed by atoms with E-state index in [4.69, 9.17) is 0 Å². The van der Waals surface area contributed by atoms with Gasteiger partial charge in [0.05, 0.1) is 7.11 Å². The minimum absolute atomic E-state index is 0.0578. The van der Waals surface area contributed by atoms with Crippen molar-refractivity contribution in [2.75, 3.05) is 13.7 Å². The van der Waals surface area contributed by atoms with E-state index in [1.165, 1.54) is 26.4 Å². The lowest BCUT2D eigenvalue weighted by Crippen LogP contribution is -2.34. The molecule has 0 aromatic heterocycles. The van der Waals surface area contributed by atoms with Crippen molar-refractivity contribution in [2.24, 2.45) is 5.92 Å². The van der Waals surface area contributed by atoms with Crippen molar-refractivity contribution in [1.29, 1.82) is 0 Å². The number of carbonyl (C=O) groups is 2. The van der Waals surface area contributed by atoms with Gasteiger partial charge in [-0.05, 0) is 18.8 Å². The fourth-order valence-corrected chi connectivity index (χ4v) is 2.61. The molecule has 1 aliphatic rings. The van der Waals surface area contributed by atoms with Gasteiger partial charge in [0.1, 0.15) is 3.92 Å². The molecule has 0 spiro atoms. The number of halogens is 1. The van der Waals surface area contributed by atoms with Crippen molar-refractivity contribution < 1.29 is 14.3 Å². The smallest absolute Gasteiger partial charge is 0.320 e. The summed E-state index contributed by atoms with van der Waals surface area (Å²) in [7, 11) is 1.36. The van der Waals surface area contributed by atoms with E-state index in [1.807, 2.05) is 22.6 Å². The molecule has 17 heavy (non-hydrogen) atoms. The minimum Gasteiger partial charge on any atom is -0.468 e. The van der Waals surface area contributed by atoms with Gasteiger partial charge in [-0.2, -0.15) is 0 Å². The summed E-state index contributed by atoms with van der Waals surface area (Å²) in [6.45, 7) is 0.360. The molecule has 0 bridgehead atoms. The first-order valence-corrected chi connectivity index (χ1v) is 7.36. The molecular weight excluding hydrogens is 333 g/mol. The Labute approximate surface area is 116 Å². The van der Waals surface area contributed by atoms with E-state index >= 15 is 0 Å². The zero-order valence-electron chi connectivity index (χ0n) is 10.2. The van der Waals surface area contributed by atoms with Crippen LogP contribution in [-0.4, -0.2) is 29.5 Å². The highest BCUT2D eigenvalue weighted by molar-refractivity contribution is 14.1. The largest absolute Gasteiger partial charge is 0.468 e. The second-order valence-corrected chi connectivity index (χ2v) is 6.01. The number of carbonyl (C=O) groups excluding carboxylic acids is 2. The summed E-state index contributed by atoms with van der Waals surface area (Å²) in [6, 6.07) is 0. The van der Waals surface area contributed by atoms with Gasteiger partial charge < -0.3 is 10.1 Å². The zero-order chi connectivity index (χ0) is 12.7. The van der Waals surface area contributed by atoms with Gasteiger partial charge in [0.25, 0.3) is 0 Å². The number of ether oxygens (including phenoxy) is 1. The predicted molar refractivity (Wildman–Crippen MR) is 74.0 cm³/mol. The highest BCUT2D eigenvalue weighted by atomic mass is 127. The molecule has 1 fully saturated rings. The SMILES string of the molecule is COC(=O)C(I)CNC(=O)CC1CCCCC1. The molecule has 1 amide bonds. The molecule has 0 radical (unpaired) electrons. The standard InChI is InChI=1S/C12H20INO3/c1-17-12(16)10(13)8-14-11(15)7-9-5-3-2-4-6-9/h9-10H,2-8H2,1H3,(H,14,15). The van der Waals surface area contributed by atoms with Gasteiger partial charge in [0.15, 0.2) is 0 Å². The number of methoxy groups -OCH3 is 1. The Morgan fingerprint density at radius 2 is 2.00 bits per heavy atom. The first-order chi connectivity index (χ1) is 8.13. The summed E-state index contributed by atoms with van der Waals surface area (Å²) in [4.78, 5) is 22.8. The van der Waals surface area contributed by atoms with Gasteiger partial charge in [-0.3, -0.25) is 9.59 Å². The van der Waals surface area contributed by atoms with Crippen LogP contribution in [0.25, 0.3) is 0 Å². The van der Waals surface area contributed by atoms with Crippen LogP contribution in [0, 0.1) is 5.92 Å². The number of alkyl halides is 1. The highest BCUT2D eigenvalue weighted by Crippen LogP contribution is 2.25. The van der Waals surface area contributed by atoms with Crippen LogP contribution >= 0.6 is 22.6 Å². The van der Waals surface area contributed by atoms with Gasteiger partial charge >= 0.3 is 5.97 Å². The van der Waals surface area contributed by atoms with Crippen molar-refractivity contribution in [3.8, 4) is 0 Å². The molecule has 1 aliphatic carbocycles. The van der Waals surface area contributed by atoms with Crippen LogP contribution in [0.4, 0.5) is 0 Å². The Balaban J connectivity index is 2.18. The number of nitrogens with one attached hydrogen (secondary N) is 1. The molecule has 1 rings (SSSR count). The third-order valence-electron chi connectivity index (χ3n) is 3.13. The van der Waals surface area contributed by atoms with E-state index in [-0.39, 0.29) is 15.8 Å². The topological polar surface area (TPSA) is 55.4 Å². The molecule has 1 unspecified atom stereocenters. The maximum absolute atomic E-state index is 11.7. The van der Waals surface area contributed by atoms with Crippen molar-refractivity contribution in [2.45, 2.75) is 42.4 Å². The van der Waals surface area contributed by atoms with Crippen LogP contribution in [0.15, 0.2) is 0 Å². The third kappa shape index (κ3) is 5.70. The highest BCUT2D eigenvalue weighted by Gasteiger charge is 2.19. The lowest BCUT2D eigenvalue weighted by molar-refractivity contribution is -0.139. The Kier molecular flexibility index (Phi) is 6.84. The second-order valence-electron chi connectivity index (χ2n) is 4.50. The molecular formula is C12H20INO3. The fourth-order valence-electron chi connectivity index (χ4n) is 2.14. The molecule has 5 heteroatoms. The predicted octanol–water partition coefficient (Wildman–Crippen LogP) is 2.05. The molecule has 0 saturated heterocycles. The number of amides is 1. The second kappa shape index (κ2) is 7.89. The van der Waals surface area contributed by atoms with Crippen molar-refractivity contribution in [3.05, 3.63) is 0 Å². The summed E-state index contributed by atoms with van der Waals surface area (Å²) in [6.07, 6.45) is 6.72. The number of hydrogen-bond acceptors (Lipinski definition) is 3. The summed E-state index contributed by atoms with van der Waals surface area (Å²) in [5.74, 6) is 0.306. The minimum atomic E-state index is -0.298. The Hall–Kier alpha value is -0.330. The number of esters is 1. The van der Waals surface area contributed by atoms with E-state index in [1.54, 1.807) is 0 Å². The first kappa shape index (κ1) is 14.7. The van der Waals surface area contributed by atoms with E-state index in [9.17, 15) is 9.59 Å². The maximum atomic E-state index is 11.7. The molecule has 4 nitrogen and oxygen atoms in total. The maximum Gasteiger partial charge on any atom is 0.320 e. The Bertz CT molecular complexity index is 264. The summed E-state index contributed by atoms with van der Waals surface area (Å²) in [5.41, 5.74) is 0. The van der Waals surface area contributed by atoms with Crippen LogP contribution in [0.1, 0.15) is 38.5 Å². The quantitative estimate of drug-likeness (QED) is 0.468. The van der Waals surface area contributed by atoms with Gasteiger partial charge in [0, 0.05) is 13.0 Å². The Morgan fingerprint density at radius 1 is 1.35 bits per heavy atom. The Morgan fingerprint density at radius 3 is 2.59 bits per heavy atom. The summed E-state index contributed by atoms with van der Waals surface area (Å²) < 4.78 is 4.30. The zero-order valence-corrected chi connectivity index (χ0v) is 12.4. The first-order valence-electron chi connectivity index (χ1n) is 6.12. The van der Waals surface area contributed by atoms with Crippen LogP contribution in [0.3, 0.4) is 0 Å². The van der Waals surface area contributed by atoms with Gasteiger partial charge in [-0.25, -0.2) is 0 Å². The number of rotatable bonds is 5. The van der Waals surface area contributed by atoms with Gasteiger partial charge in [-0.15, -0.1) is 0 Å². The molecule has 0 heterocycles. The van der Waals surface area contributed by atoms with E-state index in [0.717, 1.165) is 12.8 Å². The molecule has 1 N–H and O–H groups in total. The average Bonchev–Trinajstić information content (AvgIpc) is 2.36. The molecule has 1 atom stereocenters. The van der Waals surface area contributed by atoms with Crippen LogP contribution in [-0.2, 0) is 14.3 Å². The molecule has 0 aliphatic heterocycles. The lowest BCUT2D eigenvalue weighted by atomic mass is 9.87. The third-order valence-corrected chi connectivity index (χ3v) is 4.08. The van der Waals surface area contributed by atoms with E-state index in [2.05, 4.69) is 10.1 Å². The summed E-state index contributed by atoms with van der Waals surface area (Å²) >= 11 is 1.98. The van der Waals surface area contributed by atoms with Crippen molar-refractivity contribution >= 4 is 34.5 Å². The number of hydrogen-bond donors (Lipinski definition) is 1. The molecule has 0 aromatic carbocycles. The lowest BCUT2D eigenvalue weighted by Gasteiger charge is -2.21. The average molecular weight is 353 g/mol. The van der Waals surface area contributed by atoms with E-state index in [0.29, 0.717) is 18.9 Å². The van der Waals surface area contributed by atoms with Gasteiger partial charge in [0.2, 0.25) is 5.91 Å². The van der Waals surface area contributed by atoms with Gasteiger partial charge in [-0.1, -0.05) is 41.9 Å². The summed E-state index contributed by atoms with van der Waals surface area (Å²) in [5, 5.41) is 2.80. The van der Waals surface area contributed by atoms with Crippen LogP contribution in [0.2, 0.25) is 0 Å².